The molecule has 1 rings (SSSR count). The highest BCUT2D eigenvalue weighted by Gasteiger charge is 2.16. The van der Waals surface area contributed by atoms with Gasteiger partial charge in [-0.05, 0) is 24.1 Å². The first-order valence-electron chi connectivity index (χ1n) is 5.69. The predicted molar refractivity (Wildman–Crippen MR) is 78.5 cm³/mol. The molecule has 4 heteroatoms. The summed E-state index contributed by atoms with van der Waals surface area (Å²) in [6.45, 7) is 8.61. The van der Waals surface area contributed by atoms with Gasteiger partial charge in [0.2, 0.25) is 0 Å². The van der Waals surface area contributed by atoms with Gasteiger partial charge in [0, 0.05) is 15.5 Å². The minimum absolute atomic E-state index is 0.136. The Morgan fingerprint density at radius 3 is 2.53 bits per heavy atom. The van der Waals surface area contributed by atoms with Crippen LogP contribution in [-0.2, 0) is 0 Å². The van der Waals surface area contributed by atoms with Crippen molar-refractivity contribution in [1.29, 1.82) is 0 Å². The zero-order valence-corrected chi connectivity index (χ0v) is 12.5. The molecule has 0 radical (unpaired) electrons. The Bertz CT molecular complexity index is 374. The average Bonchev–Trinajstić information content (AvgIpc) is 2.22. The van der Waals surface area contributed by atoms with Crippen LogP contribution in [-0.4, -0.2) is 10.5 Å². The molecule has 0 amide bonds. The fourth-order valence-corrected chi connectivity index (χ4v) is 2.54. The van der Waals surface area contributed by atoms with E-state index in [4.69, 9.17) is 17.4 Å². The first-order chi connectivity index (χ1) is 7.83. The number of nitrogens with two attached hydrogens (primary N) is 1. The van der Waals surface area contributed by atoms with Crippen LogP contribution in [0.4, 0.5) is 0 Å². The number of nitrogens with one attached hydrogen (secondary N) is 1. The van der Waals surface area contributed by atoms with Crippen molar-refractivity contribution >= 4 is 23.4 Å². The number of halogens is 1. The second kappa shape index (κ2) is 6.10. The number of rotatable bonds is 4. The molecule has 0 bridgehead atoms. The van der Waals surface area contributed by atoms with Gasteiger partial charge >= 0.3 is 0 Å². The molecule has 1 unspecified atom stereocenters. The summed E-state index contributed by atoms with van der Waals surface area (Å²) in [5.41, 5.74) is 5.09. The van der Waals surface area contributed by atoms with E-state index in [-0.39, 0.29) is 10.8 Å². The van der Waals surface area contributed by atoms with Crippen LogP contribution in [0, 0.1) is 6.92 Å². The van der Waals surface area contributed by atoms with Gasteiger partial charge in [0.25, 0.3) is 0 Å². The highest BCUT2D eigenvalue weighted by atomic mass is 35.5. The zero-order chi connectivity index (χ0) is 13.1. The summed E-state index contributed by atoms with van der Waals surface area (Å²) >= 11 is 8.02. The summed E-state index contributed by atoms with van der Waals surface area (Å²) in [5.74, 6) is 6.55. The van der Waals surface area contributed by atoms with Crippen molar-refractivity contribution in [3.05, 3.63) is 34.3 Å². The van der Waals surface area contributed by atoms with Gasteiger partial charge in [-0.1, -0.05) is 44.5 Å². The highest BCUT2D eigenvalue weighted by Crippen LogP contribution is 2.29. The standard InChI is InChI=1S/C13H21ClN2S/c1-9-5-6-10(7-11(9)14)12(16-15)8-17-13(2,3)4/h5-7,12,16H,8,15H2,1-4H3. The minimum Gasteiger partial charge on any atom is -0.271 e. The Morgan fingerprint density at radius 1 is 1.41 bits per heavy atom. The van der Waals surface area contributed by atoms with E-state index in [0.29, 0.717) is 0 Å². The number of hydrogen-bond acceptors (Lipinski definition) is 3. The van der Waals surface area contributed by atoms with Crippen molar-refractivity contribution < 1.29 is 0 Å². The molecule has 0 aliphatic carbocycles. The molecule has 1 aromatic carbocycles. The number of benzene rings is 1. The van der Waals surface area contributed by atoms with Gasteiger partial charge in [0.05, 0.1) is 6.04 Å². The van der Waals surface area contributed by atoms with Crippen molar-refractivity contribution in [2.75, 3.05) is 5.75 Å². The Balaban J connectivity index is 2.76. The molecule has 0 aliphatic heterocycles. The monoisotopic (exact) mass is 272 g/mol. The molecule has 17 heavy (non-hydrogen) atoms. The summed E-state index contributed by atoms with van der Waals surface area (Å²) in [4.78, 5) is 0. The SMILES string of the molecule is Cc1ccc(C(CSC(C)(C)C)NN)cc1Cl. The molecular formula is C13H21ClN2S. The molecule has 0 saturated heterocycles. The van der Waals surface area contributed by atoms with Gasteiger partial charge in [-0.25, -0.2) is 0 Å². The number of aryl methyl sites for hydroxylation is 1. The van der Waals surface area contributed by atoms with Gasteiger partial charge in [-0.2, -0.15) is 11.8 Å². The van der Waals surface area contributed by atoms with Crippen molar-refractivity contribution in [3.63, 3.8) is 0 Å². The van der Waals surface area contributed by atoms with Gasteiger partial charge in [0.15, 0.2) is 0 Å². The number of hydrogen-bond donors (Lipinski definition) is 2. The third kappa shape index (κ3) is 4.88. The molecule has 0 heterocycles. The predicted octanol–water partition coefficient (Wildman–Crippen LogP) is 3.68. The third-order valence-corrected chi connectivity index (χ3v) is 4.26. The maximum Gasteiger partial charge on any atom is 0.0551 e. The summed E-state index contributed by atoms with van der Waals surface area (Å²) in [6, 6.07) is 6.24. The second-order valence-electron chi connectivity index (χ2n) is 5.15. The summed E-state index contributed by atoms with van der Waals surface area (Å²) in [5, 5.41) is 0.795. The quantitative estimate of drug-likeness (QED) is 0.649. The largest absolute Gasteiger partial charge is 0.271 e. The van der Waals surface area contributed by atoms with Crippen LogP contribution in [0.2, 0.25) is 5.02 Å². The van der Waals surface area contributed by atoms with Gasteiger partial charge in [-0.15, -0.1) is 0 Å². The van der Waals surface area contributed by atoms with E-state index in [1.165, 1.54) is 0 Å². The Labute approximate surface area is 113 Å². The summed E-state index contributed by atoms with van der Waals surface area (Å²) in [7, 11) is 0. The first-order valence-corrected chi connectivity index (χ1v) is 7.06. The maximum absolute atomic E-state index is 6.13. The van der Waals surface area contributed by atoms with Crippen molar-refractivity contribution in [3.8, 4) is 0 Å². The lowest BCUT2D eigenvalue weighted by Gasteiger charge is -2.23. The van der Waals surface area contributed by atoms with Crippen LogP contribution in [0.15, 0.2) is 18.2 Å². The van der Waals surface area contributed by atoms with Crippen LogP contribution in [0.5, 0.6) is 0 Å². The number of thioether (sulfide) groups is 1. The van der Waals surface area contributed by atoms with Crippen molar-refractivity contribution in [1.82, 2.24) is 5.43 Å². The second-order valence-corrected chi connectivity index (χ2v) is 7.41. The topological polar surface area (TPSA) is 38.0 Å². The average molecular weight is 273 g/mol. The molecule has 0 saturated carbocycles. The van der Waals surface area contributed by atoms with Gasteiger partial charge in [-0.3, -0.25) is 11.3 Å². The summed E-state index contributed by atoms with van der Waals surface area (Å²) in [6.07, 6.45) is 0. The van der Waals surface area contributed by atoms with Crippen LogP contribution in [0.3, 0.4) is 0 Å². The lowest BCUT2D eigenvalue weighted by atomic mass is 10.1. The van der Waals surface area contributed by atoms with E-state index in [0.717, 1.165) is 21.9 Å². The molecule has 0 fully saturated rings. The molecule has 96 valence electrons. The zero-order valence-electron chi connectivity index (χ0n) is 10.9. The number of hydrazine groups is 1. The molecule has 0 aliphatic rings. The van der Waals surface area contributed by atoms with E-state index < -0.39 is 0 Å². The van der Waals surface area contributed by atoms with E-state index in [1.807, 2.05) is 30.8 Å². The normalized spacial score (nSPS) is 13.8. The Morgan fingerprint density at radius 2 is 2.06 bits per heavy atom. The Kier molecular flexibility index (Phi) is 5.32. The fraction of sp³-hybridized carbons (Fsp3) is 0.538. The minimum atomic E-state index is 0.136. The third-order valence-electron chi connectivity index (χ3n) is 2.48. The fourth-order valence-electron chi connectivity index (χ4n) is 1.40. The lowest BCUT2D eigenvalue weighted by Crippen LogP contribution is -2.30. The van der Waals surface area contributed by atoms with Crippen molar-refractivity contribution in [2.45, 2.75) is 38.5 Å². The molecule has 0 spiro atoms. The summed E-state index contributed by atoms with van der Waals surface area (Å²) < 4.78 is 0.240. The van der Waals surface area contributed by atoms with Gasteiger partial charge in [0.1, 0.15) is 0 Å². The molecule has 0 aromatic heterocycles. The van der Waals surface area contributed by atoms with E-state index >= 15 is 0 Å². The molecular weight excluding hydrogens is 252 g/mol. The first kappa shape index (κ1) is 14.8. The van der Waals surface area contributed by atoms with Gasteiger partial charge < -0.3 is 0 Å². The molecule has 2 nitrogen and oxygen atoms in total. The molecule has 1 atom stereocenters. The van der Waals surface area contributed by atoms with Crippen LogP contribution < -0.4 is 11.3 Å². The van der Waals surface area contributed by atoms with E-state index in [1.54, 1.807) is 0 Å². The highest BCUT2D eigenvalue weighted by molar-refractivity contribution is 8.00. The Hall–Kier alpha value is -0.220. The van der Waals surface area contributed by atoms with Crippen LogP contribution in [0.25, 0.3) is 0 Å². The lowest BCUT2D eigenvalue weighted by molar-refractivity contribution is 0.607. The molecule has 3 N–H and O–H groups in total. The maximum atomic E-state index is 6.13. The smallest absolute Gasteiger partial charge is 0.0551 e. The van der Waals surface area contributed by atoms with E-state index in [2.05, 4.69) is 32.3 Å². The molecule has 1 aromatic rings. The van der Waals surface area contributed by atoms with E-state index in [9.17, 15) is 0 Å². The van der Waals surface area contributed by atoms with Crippen molar-refractivity contribution in [2.24, 2.45) is 5.84 Å². The van der Waals surface area contributed by atoms with Crippen LogP contribution in [0.1, 0.15) is 37.9 Å². The van der Waals surface area contributed by atoms with Crippen LogP contribution >= 0.6 is 23.4 Å².